The maximum Gasteiger partial charge on any atom is 0.407 e. The molecule has 4 rings (SSSR count). The number of allylic oxidation sites excluding steroid dienone is 1. The predicted molar refractivity (Wildman–Crippen MR) is 191 cm³/mol. The van der Waals surface area contributed by atoms with Crippen molar-refractivity contribution in [2.24, 2.45) is 0 Å². The monoisotopic (exact) mass is 685 g/mol. The first-order chi connectivity index (χ1) is 24.2. The Morgan fingerprint density at radius 1 is 1.00 bits per heavy atom. The van der Waals surface area contributed by atoms with Gasteiger partial charge in [-0.2, -0.15) is 0 Å². The molecule has 0 aliphatic carbocycles. The number of aromatic nitrogens is 2. The lowest BCUT2D eigenvalue weighted by molar-refractivity contribution is -0.131. The number of amides is 4. The molecule has 0 saturated carbocycles. The zero-order chi connectivity index (χ0) is 36.0. The molecule has 50 heavy (non-hydrogen) atoms. The molecule has 266 valence electrons. The van der Waals surface area contributed by atoms with E-state index in [0.29, 0.717) is 50.8 Å². The van der Waals surface area contributed by atoms with Crippen LogP contribution in [0.5, 0.6) is 0 Å². The van der Waals surface area contributed by atoms with Gasteiger partial charge in [-0.15, -0.1) is 0 Å². The van der Waals surface area contributed by atoms with Crippen molar-refractivity contribution in [2.45, 2.75) is 53.4 Å². The van der Waals surface area contributed by atoms with Gasteiger partial charge in [0.15, 0.2) is 0 Å². The number of aromatic amines is 1. The van der Waals surface area contributed by atoms with Gasteiger partial charge in [0.25, 0.3) is 0 Å². The van der Waals surface area contributed by atoms with Crippen molar-refractivity contribution < 1.29 is 28.7 Å². The van der Waals surface area contributed by atoms with Crippen LogP contribution in [0.2, 0.25) is 0 Å². The number of carbonyl (C=O) groups excluding carboxylic acids is 4. The Bertz CT molecular complexity index is 1720. The summed E-state index contributed by atoms with van der Waals surface area (Å²) in [5.41, 5.74) is 8.53. The number of fused-ring (bicyclic) bond motifs is 3. The fourth-order valence-corrected chi connectivity index (χ4v) is 5.80. The van der Waals surface area contributed by atoms with Crippen LogP contribution in [-0.4, -0.2) is 83.9 Å². The highest BCUT2D eigenvalue weighted by Gasteiger charge is 2.20. The smallest absolute Gasteiger partial charge is 0.407 e. The number of imidazole rings is 1. The van der Waals surface area contributed by atoms with E-state index in [9.17, 15) is 19.2 Å². The van der Waals surface area contributed by atoms with Gasteiger partial charge in [0.05, 0.1) is 51.8 Å². The van der Waals surface area contributed by atoms with Crippen LogP contribution in [0.4, 0.5) is 4.79 Å². The van der Waals surface area contributed by atoms with Crippen LogP contribution in [0.1, 0.15) is 56.1 Å². The third kappa shape index (κ3) is 9.82. The number of carbonyl (C=O) groups is 4. The van der Waals surface area contributed by atoms with Crippen LogP contribution in [0, 0.1) is 0 Å². The van der Waals surface area contributed by atoms with E-state index < -0.39 is 6.09 Å². The minimum absolute atomic E-state index is 0.0527. The Morgan fingerprint density at radius 3 is 2.36 bits per heavy atom. The maximum atomic E-state index is 12.7. The minimum atomic E-state index is -0.654. The molecule has 3 aromatic rings. The second kappa shape index (κ2) is 18.4. The van der Waals surface area contributed by atoms with E-state index in [0.717, 1.165) is 57.6 Å². The van der Waals surface area contributed by atoms with Crippen molar-refractivity contribution in [3.05, 3.63) is 83.5 Å². The van der Waals surface area contributed by atoms with Gasteiger partial charge < -0.3 is 40.2 Å². The standard InChI is InChI=1S/C37H47N7O6/c1-6-13-43(35(46)18-38-24-45)20-25(4)41-32(8-3)26-9-11-30-28(15-26)22-50-23-29-16-27(10-12-31(29)30)33-17-39-34(42-33)21-44(14-7-2)36(47)19-40-37(48)49-5/h8-12,15-17,24,41H,4,6-7,13-14,18-23H2,1-3,5H3,(H,38,45)(H,39,42)(H,40,48)/b32-8-. The van der Waals surface area contributed by atoms with Gasteiger partial charge in [-0.05, 0) is 65.3 Å². The van der Waals surface area contributed by atoms with Crippen molar-refractivity contribution in [2.75, 3.05) is 39.8 Å². The van der Waals surface area contributed by atoms with Gasteiger partial charge in [-0.25, -0.2) is 9.78 Å². The van der Waals surface area contributed by atoms with Crippen molar-refractivity contribution in [3.63, 3.8) is 0 Å². The van der Waals surface area contributed by atoms with E-state index >= 15 is 0 Å². The quantitative estimate of drug-likeness (QED) is 0.153. The van der Waals surface area contributed by atoms with Gasteiger partial charge >= 0.3 is 6.09 Å². The summed E-state index contributed by atoms with van der Waals surface area (Å²) in [5, 5.41) is 8.26. The van der Waals surface area contributed by atoms with Crippen LogP contribution in [-0.2, 0) is 43.6 Å². The van der Waals surface area contributed by atoms with Gasteiger partial charge in [0, 0.05) is 24.5 Å². The number of hydrogen-bond donors (Lipinski definition) is 4. The highest BCUT2D eigenvalue weighted by molar-refractivity contribution is 5.82. The molecular weight excluding hydrogens is 638 g/mol. The normalized spacial score (nSPS) is 12.1. The number of nitrogens with zero attached hydrogens (tertiary/aromatic N) is 3. The van der Waals surface area contributed by atoms with E-state index in [2.05, 4.69) is 67.6 Å². The molecule has 0 saturated heterocycles. The lowest BCUT2D eigenvalue weighted by Crippen LogP contribution is -2.40. The van der Waals surface area contributed by atoms with Gasteiger partial charge in [-0.3, -0.25) is 14.4 Å². The number of ether oxygens (including phenoxy) is 2. The molecule has 4 N–H and O–H groups in total. The number of rotatable bonds is 17. The molecular formula is C37H47N7O6. The Hall–Kier alpha value is -5.43. The predicted octanol–water partition coefficient (Wildman–Crippen LogP) is 4.32. The highest BCUT2D eigenvalue weighted by atomic mass is 16.5. The molecule has 1 aromatic heterocycles. The summed E-state index contributed by atoms with van der Waals surface area (Å²) in [6.07, 6.45) is 5.14. The average Bonchev–Trinajstić information content (AvgIpc) is 3.51. The molecule has 2 aromatic carbocycles. The van der Waals surface area contributed by atoms with E-state index in [1.807, 2.05) is 32.9 Å². The Labute approximate surface area is 293 Å². The molecule has 0 unspecified atom stereocenters. The molecule has 0 bridgehead atoms. The van der Waals surface area contributed by atoms with Crippen molar-refractivity contribution >= 4 is 30.0 Å². The van der Waals surface area contributed by atoms with Crippen LogP contribution in [0.3, 0.4) is 0 Å². The summed E-state index contributed by atoms with van der Waals surface area (Å²) >= 11 is 0. The summed E-state index contributed by atoms with van der Waals surface area (Å²) in [7, 11) is 1.25. The molecule has 0 atom stereocenters. The summed E-state index contributed by atoms with van der Waals surface area (Å²) in [6.45, 7) is 12.4. The first-order valence-electron chi connectivity index (χ1n) is 16.7. The largest absolute Gasteiger partial charge is 0.453 e. The summed E-state index contributed by atoms with van der Waals surface area (Å²) in [4.78, 5) is 58.6. The SMILES string of the molecule is C=C(CN(CCC)C(=O)CNC=O)N/C(=C\C)c1ccc2c(c1)COCc1cc(-c3cnc(CN(CCC)C(=O)CNC(=O)OC)[nH]3)ccc1-2. The van der Waals surface area contributed by atoms with Crippen molar-refractivity contribution in [1.82, 2.24) is 35.7 Å². The van der Waals surface area contributed by atoms with Crippen LogP contribution in [0.15, 0.2) is 60.9 Å². The molecule has 13 nitrogen and oxygen atoms in total. The molecule has 1 aliphatic heterocycles. The molecule has 1 aliphatic rings. The van der Waals surface area contributed by atoms with Crippen LogP contribution < -0.4 is 16.0 Å². The molecule has 0 radical (unpaired) electrons. The van der Waals surface area contributed by atoms with Gasteiger partial charge in [0.1, 0.15) is 12.4 Å². The van der Waals surface area contributed by atoms with E-state index in [4.69, 9.17) is 4.74 Å². The number of H-pyrrole nitrogens is 1. The number of nitrogens with one attached hydrogen (secondary N) is 4. The van der Waals surface area contributed by atoms with Crippen molar-refractivity contribution in [3.8, 4) is 22.4 Å². The van der Waals surface area contributed by atoms with Crippen molar-refractivity contribution in [1.29, 1.82) is 0 Å². The summed E-state index contributed by atoms with van der Waals surface area (Å²) < 4.78 is 10.7. The van der Waals surface area contributed by atoms with E-state index in [1.165, 1.54) is 7.11 Å². The first kappa shape index (κ1) is 37.4. The maximum absolute atomic E-state index is 12.7. The van der Waals surface area contributed by atoms with Gasteiger partial charge in [-0.1, -0.05) is 50.8 Å². The summed E-state index contributed by atoms with van der Waals surface area (Å²) in [5.74, 6) is 0.245. The zero-order valence-corrected chi connectivity index (χ0v) is 29.3. The molecule has 0 fully saturated rings. The van der Waals surface area contributed by atoms with Crippen LogP contribution >= 0.6 is 0 Å². The fourth-order valence-electron chi connectivity index (χ4n) is 5.80. The lowest BCUT2D eigenvalue weighted by atomic mass is 9.93. The minimum Gasteiger partial charge on any atom is -0.453 e. The molecule has 0 spiro atoms. The molecule has 2 heterocycles. The average molecular weight is 686 g/mol. The Balaban J connectivity index is 1.47. The number of alkyl carbamates (subject to hydrolysis) is 1. The van der Waals surface area contributed by atoms with Gasteiger partial charge in [0.2, 0.25) is 18.2 Å². The second-order valence-corrected chi connectivity index (χ2v) is 11.9. The van der Waals surface area contributed by atoms with E-state index in [1.54, 1.807) is 16.0 Å². The number of methoxy groups -OCH3 is 1. The first-order valence-corrected chi connectivity index (χ1v) is 16.7. The van der Waals surface area contributed by atoms with E-state index in [-0.39, 0.29) is 31.4 Å². The number of benzene rings is 2. The Kier molecular flexibility index (Phi) is 13.7. The lowest BCUT2D eigenvalue weighted by Gasteiger charge is -2.24. The topological polar surface area (TPSA) is 158 Å². The highest BCUT2D eigenvalue weighted by Crippen LogP contribution is 2.35. The number of hydrogen-bond acceptors (Lipinski definition) is 8. The fraction of sp³-hybridized carbons (Fsp3) is 0.378. The molecule has 13 heteroatoms. The van der Waals surface area contributed by atoms with Crippen LogP contribution in [0.25, 0.3) is 28.1 Å². The zero-order valence-electron chi connectivity index (χ0n) is 29.3. The third-order valence-corrected chi connectivity index (χ3v) is 8.19. The third-order valence-electron chi connectivity index (χ3n) is 8.19. The summed E-state index contributed by atoms with van der Waals surface area (Å²) in [6, 6.07) is 12.5. The Morgan fingerprint density at radius 2 is 1.68 bits per heavy atom. The second-order valence-electron chi connectivity index (χ2n) is 11.9. The molecule has 4 amide bonds.